The van der Waals surface area contributed by atoms with Crippen molar-refractivity contribution in [3.8, 4) is 22.8 Å². The van der Waals surface area contributed by atoms with E-state index in [2.05, 4.69) is 25.4 Å². The number of hydrogen-bond acceptors (Lipinski definition) is 7. The summed E-state index contributed by atoms with van der Waals surface area (Å²) in [7, 11) is 0. The maximum Gasteiger partial charge on any atom is 0.260 e. The van der Waals surface area contributed by atoms with Crippen LogP contribution in [0.25, 0.3) is 33.9 Å². The molecule has 8 heteroatoms. The number of aromatic nitrogens is 6. The summed E-state index contributed by atoms with van der Waals surface area (Å²) in [6.07, 6.45) is 3.43. The number of aliphatic hydroxyl groups excluding tert-OH is 1. The van der Waals surface area contributed by atoms with Crippen LogP contribution in [-0.4, -0.2) is 41.8 Å². The van der Waals surface area contributed by atoms with Gasteiger partial charge in [-0.15, -0.1) is 5.10 Å². The van der Waals surface area contributed by atoms with Crippen molar-refractivity contribution in [3.63, 3.8) is 0 Å². The average molecular weight is 350 g/mol. The van der Waals surface area contributed by atoms with Crippen molar-refractivity contribution < 1.29 is 9.63 Å². The van der Waals surface area contributed by atoms with Gasteiger partial charge in [-0.1, -0.05) is 10.4 Å². The maximum absolute atomic E-state index is 9.57. The molecule has 132 valence electrons. The van der Waals surface area contributed by atoms with Crippen molar-refractivity contribution in [1.82, 2.24) is 30.1 Å². The third-order valence-corrected chi connectivity index (χ3v) is 4.36. The zero-order valence-electron chi connectivity index (χ0n) is 14.7. The Kier molecular flexibility index (Phi) is 3.77. The molecule has 0 fully saturated rings. The molecule has 0 atom stereocenters. The topological polar surface area (TPSA) is 103 Å². The highest BCUT2D eigenvalue weighted by Gasteiger charge is 2.23. The number of aryl methyl sites for hydroxylation is 1. The fourth-order valence-electron chi connectivity index (χ4n) is 2.71. The van der Waals surface area contributed by atoms with Crippen LogP contribution < -0.4 is 0 Å². The maximum atomic E-state index is 9.57. The number of aliphatic hydroxyl groups is 1. The predicted octanol–water partition coefficient (Wildman–Crippen LogP) is 2.58. The molecular formula is C18H18N6O2. The minimum atomic E-state index is -0.534. The first kappa shape index (κ1) is 16.3. The lowest BCUT2D eigenvalue weighted by Crippen LogP contribution is -2.31. The first-order valence-corrected chi connectivity index (χ1v) is 8.21. The summed E-state index contributed by atoms with van der Waals surface area (Å²) >= 11 is 0. The van der Waals surface area contributed by atoms with Crippen LogP contribution in [0.1, 0.15) is 19.4 Å². The number of nitrogens with zero attached hydrogens (tertiary/aromatic N) is 6. The van der Waals surface area contributed by atoms with Gasteiger partial charge >= 0.3 is 0 Å². The molecule has 0 radical (unpaired) electrons. The molecule has 0 unspecified atom stereocenters. The van der Waals surface area contributed by atoms with E-state index in [9.17, 15) is 5.11 Å². The van der Waals surface area contributed by atoms with Gasteiger partial charge in [0.15, 0.2) is 0 Å². The van der Waals surface area contributed by atoms with E-state index >= 15 is 0 Å². The molecule has 0 aliphatic carbocycles. The van der Waals surface area contributed by atoms with Gasteiger partial charge in [-0.3, -0.25) is 4.98 Å². The Morgan fingerprint density at radius 3 is 2.85 bits per heavy atom. The van der Waals surface area contributed by atoms with Gasteiger partial charge in [0.05, 0.1) is 23.2 Å². The van der Waals surface area contributed by atoms with Crippen LogP contribution in [0.5, 0.6) is 0 Å². The normalized spacial score (nSPS) is 12.0. The highest BCUT2D eigenvalue weighted by molar-refractivity contribution is 5.80. The Bertz CT molecular complexity index is 1080. The van der Waals surface area contributed by atoms with Crippen molar-refractivity contribution in [3.05, 3.63) is 42.2 Å². The van der Waals surface area contributed by atoms with Crippen LogP contribution in [0.2, 0.25) is 0 Å². The van der Waals surface area contributed by atoms with E-state index in [1.807, 2.05) is 45.0 Å². The van der Waals surface area contributed by atoms with Crippen LogP contribution in [0.4, 0.5) is 0 Å². The Morgan fingerprint density at radius 1 is 1.23 bits per heavy atom. The van der Waals surface area contributed by atoms with Crippen molar-refractivity contribution >= 4 is 11.0 Å². The monoisotopic (exact) mass is 350 g/mol. The van der Waals surface area contributed by atoms with Crippen molar-refractivity contribution in [2.75, 3.05) is 6.61 Å². The molecule has 3 heterocycles. The summed E-state index contributed by atoms with van der Waals surface area (Å²) in [5.74, 6) is 0.900. The fourth-order valence-corrected chi connectivity index (χ4v) is 2.71. The number of hydrogen-bond donors (Lipinski definition) is 1. The van der Waals surface area contributed by atoms with E-state index in [1.165, 1.54) is 0 Å². The van der Waals surface area contributed by atoms with Crippen molar-refractivity contribution in [1.29, 1.82) is 0 Å². The Labute approximate surface area is 149 Å². The summed E-state index contributed by atoms with van der Waals surface area (Å²) < 4.78 is 7.11. The van der Waals surface area contributed by atoms with Crippen LogP contribution in [0.3, 0.4) is 0 Å². The third-order valence-electron chi connectivity index (χ3n) is 4.36. The molecule has 0 aliphatic heterocycles. The number of fused-ring (bicyclic) bond motifs is 1. The summed E-state index contributed by atoms with van der Waals surface area (Å²) in [6.45, 7) is 5.73. The molecule has 3 aromatic heterocycles. The van der Waals surface area contributed by atoms with Crippen molar-refractivity contribution in [2.24, 2.45) is 0 Å². The summed E-state index contributed by atoms with van der Waals surface area (Å²) in [5, 5.41) is 22.0. The lowest BCUT2D eigenvalue weighted by atomic mass is 10.1. The zero-order valence-corrected chi connectivity index (χ0v) is 14.7. The van der Waals surface area contributed by atoms with Gasteiger partial charge in [0.2, 0.25) is 5.82 Å². The van der Waals surface area contributed by atoms with E-state index in [0.717, 1.165) is 22.2 Å². The smallest absolute Gasteiger partial charge is 0.260 e. The van der Waals surface area contributed by atoms with Gasteiger partial charge in [0.1, 0.15) is 5.52 Å². The van der Waals surface area contributed by atoms with Gasteiger partial charge < -0.3 is 9.63 Å². The van der Waals surface area contributed by atoms with Gasteiger partial charge in [-0.05, 0) is 50.6 Å². The number of pyridine rings is 1. The Hall–Kier alpha value is -3.13. The Balaban J connectivity index is 1.73. The first-order chi connectivity index (χ1) is 12.5. The summed E-state index contributed by atoms with van der Waals surface area (Å²) in [4.78, 5) is 8.59. The van der Waals surface area contributed by atoms with Crippen LogP contribution in [0, 0.1) is 6.92 Å². The molecule has 0 spiro atoms. The molecule has 4 aromatic rings. The number of rotatable bonds is 4. The van der Waals surface area contributed by atoms with Gasteiger partial charge in [0.25, 0.3) is 5.89 Å². The molecule has 8 nitrogen and oxygen atoms in total. The second kappa shape index (κ2) is 5.99. The lowest BCUT2D eigenvalue weighted by molar-refractivity contribution is 0.154. The molecule has 0 bridgehead atoms. The minimum absolute atomic E-state index is 0.0358. The highest BCUT2D eigenvalue weighted by Crippen LogP contribution is 2.27. The van der Waals surface area contributed by atoms with Gasteiger partial charge in [0, 0.05) is 18.0 Å². The Morgan fingerprint density at radius 2 is 2.08 bits per heavy atom. The minimum Gasteiger partial charge on any atom is -0.394 e. The second-order valence-corrected chi connectivity index (χ2v) is 6.79. The van der Waals surface area contributed by atoms with E-state index in [0.29, 0.717) is 17.2 Å². The van der Waals surface area contributed by atoms with Gasteiger partial charge in [-0.2, -0.15) is 4.98 Å². The van der Waals surface area contributed by atoms with Gasteiger partial charge in [-0.25, -0.2) is 4.68 Å². The second-order valence-electron chi connectivity index (χ2n) is 6.79. The van der Waals surface area contributed by atoms with E-state index in [-0.39, 0.29) is 6.61 Å². The lowest BCUT2D eigenvalue weighted by Gasteiger charge is -2.22. The quantitative estimate of drug-likeness (QED) is 0.603. The standard InChI is InChI=1S/C18H18N6O2/c1-11-6-7-19-9-13(11)17-20-16(22-26-17)12-4-5-15-14(8-12)21-23-24(15)18(2,3)10-25/h4-9,25H,10H2,1-3H3. The fraction of sp³-hybridized carbons (Fsp3) is 0.278. The van der Waals surface area contributed by atoms with Crippen LogP contribution in [-0.2, 0) is 5.54 Å². The molecule has 1 N–H and O–H groups in total. The first-order valence-electron chi connectivity index (χ1n) is 8.21. The van der Waals surface area contributed by atoms with Crippen LogP contribution in [0.15, 0.2) is 41.2 Å². The number of benzene rings is 1. The molecule has 0 saturated carbocycles. The van der Waals surface area contributed by atoms with E-state index in [1.54, 1.807) is 17.1 Å². The third kappa shape index (κ3) is 2.64. The molecular weight excluding hydrogens is 332 g/mol. The van der Waals surface area contributed by atoms with E-state index in [4.69, 9.17) is 4.52 Å². The molecule has 1 aromatic carbocycles. The van der Waals surface area contributed by atoms with Crippen molar-refractivity contribution in [2.45, 2.75) is 26.3 Å². The SMILES string of the molecule is Cc1ccncc1-c1nc(-c2ccc3c(c2)nnn3C(C)(C)CO)no1. The molecule has 0 amide bonds. The molecule has 4 rings (SSSR count). The highest BCUT2D eigenvalue weighted by atomic mass is 16.5. The molecule has 26 heavy (non-hydrogen) atoms. The largest absolute Gasteiger partial charge is 0.394 e. The molecule has 0 aliphatic rings. The predicted molar refractivity (Wildman–Crippen MR) is 95.2 cm³/mol. The molecule has 0 saturated heterocycles. The summed E-state index contributed by atoms with van der Waals surface area (Å²) in [6, 6.07) is 7.54. The zero-order chi connectivity index (χ0) is 18.3. The summed E-state index contributed by atoms with van der Waals surface area (Å²) in [5.41, 5.74) is 3.60. The van der Waals surface area contributed by atoms with Crippen LogP contribution >= 0.6 is 0 Å². The average Bonchev–Trinajstić information content (AvgIpc) is 3.29. The van der Waals surface area contributed by atoms with E-state index < -0.39 is 5.54 Å².